The molecule has 2 heterocycles. The van der Waals surface area contributed by atoms with Crippen molar-refractivity contribution in [3.8, 4) is 5.82 Å². The van der Waals surface area contributed by atoms with E-state index in [1.165, 1.54) is 44.9 Å². The molecule has 0 amide bonds. The molecule has 106 valence electrons. The third-order valence-electron chi connectivity index (χ3n) is 3.99. The molecule has 0 atom stereocenters. The first-order valence-electron chi connectivity index (χ1n) is 7.63. The molecule has 1 fully saturated rings. The van der Waals surface area contributed by atoms with Gasteiger partial charge in [-0.2, -0.15) is 0 Å². The van der Waals surface area contributed by atoms with Gasteiger partial charge >= 0.3 is 0 Å². The summed E-state index contributed by atoms with van der Waals surface area (Å²) in [5.41, 5.74) is 1.12. The second-order valence-electron chi connectivity index (χ2n) is 5.56. The van der Waals surface area contributed by atoms with Gasteiger partial charge in [0.05, 0.1) is 11.9 Å². The van der Waals surface area contributed by atoms with Crippen LogP contribution >= 0.6 is 0 Å². The molecule has 0 spiro atoms. The highest BCUT2D eigenvalue weighted by atomic mass is 15.1. The quantitative estimate of drug-likeness (QED) is 0.922. The van der Waals surface area contributed by atoms with E-state index in [1.54, 1.807) is 12.5 Å². The number of imidazole rings is 1. The Balaban J connectivity index is 1.62. The first-order chi connectivity index (χ1) is 9.92. The Morgan fingerprint density at radius 2 is 1.85 bits per heavy atom. The van der Waals surface area contributed by atoms with Crippen molar-refractivity contribution in [3.63, 3.8) is 0 Å². The summed E-state index contributed by atoms with van der Waals surface area (Å²) in [5.74, 6) is 0.908. The lowest BCUT2D eigenvalue weighted by molar-refractivity contribution is 0.471. The van der Waals surface area contributed by atoms with Crippen molar-refractivity contribution in [1.82, 2.24) is 14.5 Å². The van der Waals surface area contributed by atoms with Gasteiger partial charge in [0.15, 0.2) is 0 Å². The lowest BCUT2D eigenvalue weighted by atomic mass is 9.96. The van der Waals surface area contributed by atoms with Gasteiger partial charge in [-0.1, -0.05) is 32.1 Å². The van der Waals surface area contributed by atoms with Crippen LogP contribution in [0.2, 0.25) is 0 Å². The van der Waals surface area contributed by atoms with Crippen molar-refractivity contribution in [2.24, 2.45) is 0 Å². The average molecular weight is 270 g/mol. The van der Waals surface area contributed by atoms with E-state index in [1.807, 2.05) is 23.0 Å². The monoisotopic (exact) mass is 270 g/mol. The van der Waals surface area contributed by atoms with Gasteiger partial charge in [0.1, 0.15) is 12.1 Å². The fourth-order valence-corrected chi connectivity index (χ4v) is 2.85. The molecule has 0 saturated heterocycles. The van der Waals surface area contributed by atoms with E-state index < -0.39 is 0 Å². The van der Waals surface area contributed by atoms with E-state index in [9.17, 15) is 0 Å². The number of nitrogens with one attached hydrogen (secondary N) is 1. The van der Waals surface area contributed by atoms with Gasteiger partial charge < -0.3 is 5.32 Å². The summed E-state index contributed by atoms with van der Waals surface area (Å²) in [6.45, 7) is 0. The van der Waals surface area contributed by atoms with E-state index in [0.29, 0.717) is 6.04 Å². The van der Waals surface area contributed by atoms with Crippen LogP contribution in [0.5, 0.6) is 0 Å². The maximum absolute atomic E-state index is 4.49. The van der Waals surface area contributed by atoms with Gasteiger partial charge in [-0.3, -0.25) is 4.57 Å². The van der Waals surface area contributed by atoms with Crippen molar-refractivity contribution < 1.29 is 0 Å². The van der Waals surface area contributed by atoms with E-state index in [0.717, 1.165) is 11.5 Å². The Morgan fingerprint density at radius 3 is 2.50 bits per heavy atom. The van der Waals surface area contributed by atoms with Gasteiger partial charge in [-0.05, 0) is 25.0 Å². The molecular weight excluding hydrogens is 248 g/mol. The topological polar surface area (TPSA) is 42.7 Å². The van der Waals surface area contributed by atoms with Crippen molar-refractivity contribution >= 4 is 5.69 Å². The van der Waals surface area contributed by atoms with E-state index in [2.05, 4.69) is 21.4 Å². The molecule has 0 radical (unpaired) electrons. The van der Waals surface area contributed by atoms with Crippen molar-refractivity contribution in [1.29, 1.82) is 0 Å². The zero-order chi connectivity index (χ0) is 13.6. The number of aromatic nitrogens is 3. The second-order valence-corrected chi connectivity index (χ2v) is 5.56. The Labute approximate surface area is 120 Å². The number of anilines is 1. The van der Waals surface area contributed by atoms with E-state index >= 15 is 0 Å². The van der Waals surface area contributed by atoms with Crippen LogP contribution in [0.15, 0.2) is 37.1 Å². The summed E-state index contributed by atoms with van der Waals surface area (Å²) in [6, 6.07) is 4.75. The van der Waals surface area contributed by atoms with E-state index in [4.69, 9.17) is 0 Å². The molecule has 1 aliphatic rings. The van der Waals surface area contributed by atoms with E-state index in [-0.39, 0.29) is 0 Å². The normalized spacial score (nSPS) is 17.4. The number of hydrogen-bond donors (Lipinski definition) is 1. The molecule has 4 nitrogen and oxygen atoms in total. The summed E-state index contributed by atoms with van der Waals surface area (Å²) in [5, 5.41) is 3.63. The fourth-order valence-electron chi connectivity index (χ4n) is 2.85. The lowest BCUT2D eigenvalue weighted by Crippen LogP contribution is -2.20. The molecule has 0 aromatic carbocycles. The first-order valence-corrected chi connectivity index (χ1v) is 7.63. The number of rotatable bonds is 3. The molecule has 0 aliphatic heterocycles. The SMILES string of the molecule is c1cn(-c2ccc(NC3CCCCCCC3)cn2)cn1. The van der Waals surface area contributed by atoms with Crippen LogP contribution in [-0.4, -0.2) is 20.6 Å². The molecule has 20 heavy (non-hydrogen) atoms. The van der Waals surface area contributed by atoms with Gasteiger partial charge in [-0.25, -0.2) is 9.97 Å². The minimum absolute atomic E-state index is 0.608. The Hall–Kier alpha value is -1.84. The summed E-state index contributed by atoms with van der Waals surface area (Å²) in [7, 11) is 0. The predicted octanol–water partition coefficient (Wildman–Crippen LogP) is 3.79. The molecule has 1 saturated carbocycles. The van der Waals surface area contributed by atoms with Gasteiger partial charge in [-0.15, -0.1) is 0 Å². The van der Waals surface area contributed by atoms with Gasteiger partial charge in [0, 0.05) is 18.4 Å². The minimum atomic E-state index is 0.608. The molecule has 0 unspecified atom stereocenters. The van der Waals surface area contributed by atoms with Gasteiger partial charge in [0.25, 0.3) is 0 Å². The Morgan fingerprint density at radius 1 is 1.05 bits per heavy atom. The van der Waals surface area contributed by atoms with Crippen LogP contribution in [0.25, 0.3) is 5.82 Å². The van der Waals surface area contributed by atoms with Crippen molar-refractivity contribution in [2.45, 2.75) is 51.0 Å². The molecule has 4 heteroatoms. The zero-order valence-corrected chi connectivity index (χ0v) is 11.8. The minimum Gasteiger partial charge on any atom is -0.381 e. The van der Waals surface area contributed by atoms with Crippen molar-refractivity contribution in [2.75, 3.05) is 5.32 Å². The summed E-state index contributed by atoms with van der Waals surface area (Å²) >= 11 is 0. The maximum Gasteiger partial charge on any atom is 0.137 e. The molecule has 3 rings (SSSR count). The highest BCUT2D eigenvalue weighted by molar-refractivity contribution is 5.44. The third-order valence-corrected chi connectivity index (χ3v) is 3.99. The lowest BCUT2D eigenvalue weighted by Gasteiger charge is -2.22. The molecule has 1 N–H and O–H groups in total. The van der Waals surface area contributed by atoms with Gasteiger partial charge in [0.2, 0.25) is 0 Å². The standard InChI is InChI=1S/C16H22N4/c1-2-4-6-14(7-5-3-1)19-15-8-9-16(18-12-15)20-11-10-17-13-20/h8-14,19H,1-7H2. The number of nitrogens with zero attached hydrogens (tertiary/aromatic N) is 3. The highest BCUT2D eigenvalue weighted by Gasteiger charge is 2.11. The zero-order valence-electron chi connectivity index (χ0n) is 11.8. The predicted molar refractivity (Wildman–Crippen MR) is 81.1 cm³/mol. The Bertz CT molecular complexity index is 496. The smallest absolute Gasteiger partial charge is 0.137 e. The van der Waals surface area contributed by atoms with Crippen LogP contribution in [0.4, 0.5) is 5.69 Å². The fraction of sp³-hybridized carbons (Fsp3) is 0.500. The summed E-state index contributed by atoms with van der Waals surface area (Å²) in [4.78, 5) is 8.53. The van der Waals surface area contributed by atoms with Crippen LogP contribution in [0.1, 0.15) is 44.9 Å². The van der Waals surface area contributed by atoms with Crippen LogP contribution < -0.4 is 5.32 Å². The molecule has 2 aromatic rings. The Kier molecular flexibility index (Phi) is 4.31. The number of hydrogen-bond acceptors (Lipinski definition) is 3. The molecule has 2 aromatic heterocycles. The largest absolute Gasteiger partial charge is 0.381 e. The molecular formula is C16H22N4. The third kappa shape index (κ3) is 3.38. The maximum atomic E-state index is 4.49. The second kappa shape index (κ2) is 6.55. The van der Waals surface area contributed by atoms with Crippen LogP contribution in [0.3, 0.4) is 0 Å². The number of pyridine rings is 1. The van der Waals surface area contributed by atoms with Crippen molar-refractivity contribution in [3.05, 3.63) is 37.1 Å². The average Bonchev–Trinajstić information content (AvgIpc) is 2.96. The van der Waals surface area contributed by atoms with Crippen LogP contribution in [-0.2, 0) is 0 Å². The molecule has 0 bridgehead atoms. The molecule has 1 aliphatic carbocycles. The summed E-state index contributed by atoms with van der Waals surface area (Å²) in [6.07, 6.45) is 16.8. The summed E-state index contributed by atoms with van der Waals surface area (Å²) < 4.78 is 1.92. The van der Waals surface area contributed by atoms with Crippen LogP contribution in [0, 0.1) is 0 Å². The highest BCUT2D eigenvalue weighted by Crippen LogP contribution is 2.20. The first kappa shape index (κ1) is 13.2.